The predicted molar refractivity (Wildman–Crippen MR) is 289 cm³/mol. The van der Waals surface area contributed by atoms with E-state index in [0.29, 0.717) is 0 Å². The molecule has 13 rings (SSSR count). The monoisotopic (exact) mass is 878 g/mol. The van der Waals surface area contributed by atoms with E-state index in [2.05, 4.69) is 289 Å². The lowest BCUT2D eigenvalue weighted by atomic mass is 9.67. The standard InChI is InChI=1S/C67H46N2/c1-5-19-47(20-6-1)48-39-42-56(43-40-48)68(55-26-11-4-12-27-55)57-28-17-21-51(45-57)49-35-37-50(38-36-49)52-41-44-60-59-30-14-16-33-63(59)69(65(60)46-52)64-34-18-31-61-58-29-13-15-32-62(58)67(66(61)64,53-22-7-2-8-23-53)54-24-9-3-10-25-54/h1-46H. The average Bonchev–Trinajstić information content (AvgIpc) is 3.93. The second kappa shape index (κ2) is 16.7. The van der Waals surface area contributed by atoms with Gasteiger partial charge in [-0.2, -0.15) is 0 Å². The summed E-state index contributed by atoms with van der Waals surface area (Å²) >= 11 is 0. The van der Waals surface area contributed by atoms with E-state index in [9.17, 15) is 0 Å². The van der Waals surface area contributed by atoms with Gasteiger partial charge < -0.3 is 9.47 Å². The molecule has 12 aromatic rings. The molecule has 324 valence electrons. The predicted octanol–water partition coefficient (Wildman–Crippen LogP) is 17.6. The van der Waals surface area contributed by atoms with Gasteiger partial charge >= 0.3 is 0 Å². The quantitative estimate of drug-likeness (QED) is 0.140. The zero-order chi connectivity index (χ0) is 45.7. The average molecular weight is 879 g/mol. The highest BCUT2D eigenvalue weighted by atomic mass is 15.1. The van der Waals surface area contributed by atoms with E-state index in [4.69, 9.17) is 0 Å². The minimum atomic E-state index is -0.543. The first-order valence-electron chi connectivity index (χ1n) is 23.8. The summed E-state index contributed by atoms with van der Waals surface area (Å²) in [4.78, 5) is 2.34. The highest BCUT2D eigenvalue weighted by Gasteiger charge is 2.48. The Morgan fingerprint density at radius 2 is 0.754 bits per heavy atom. The van der Waals surface area contributed by atoms with Gasteiger partial charge in [0.1, 0.15) is 0 Å². The van der Waals surface area contributed by atoms with Crippen LogP contribution in [0.1, 0.15) is 22.3 Å². The van der Waals surface area contributed by atoms with Crippen molar-refractivity contribution in [1.82, 2.24) is 4.57 Å². The molecule has 1 aliphatic carbocycles. The molecule has 11 aromatic carbocycles. The van der Waals surface area contributed by atoms with E-state index in [-0.39, 0.29) is 0 Å². The van der Waals surface area contributed by atoms with E-state index in [0.717, 1.165) is 22.6 Å². The summed E-state index contributed by atoms with van der Waals surface area (Å²) in [6.45, 7) is 0. The lowest BCUT2D eigenvalue weighted by Gasteiger charge is -2.35. The number of nitrogens with zero attached hydrogens (tertiary/aromatic N) is 2. The maximum Gasteiger partial charge on any atom is 0.0734 e. The Morgan fingerprint density at radius 1 is 0.290 bits per heavy atom. The number of benzene rings is 11. The van der Waals surface area contributed by atoms with Gasteiger partial charge in [0.25, 0.3) is 0 Å². The Kier molecular flexibility index (Phi) is 9.77. The molecular formula is C67H46N2. The van der Waals surface area contributed by atoms with Crippen LogP contribution in [0.25, 0.3) is 72.0 Å². The number of hydrogen-bond donors (Lipinski definition) is 0. The van der Waals surface area contributed by atoms with Crippen LogP contribution < -0.4 is 4.90 Å². The number of rotatable bonds is 9. The summed E-state index contributed by atoms with van der Waals surface area (Å²) in [5, 5.41) is 2.47. The second-order valence-corrected chi connectivity index (χ2v) is 18.0. The molecule has 0 atom stereocenters. The van der Waals surface area contributed by atoms with Crippen LogP contribution in [0.2, 0.25) is 0 Å². The molecule has 0 saturated heterocycles. The number of para-hydroxylation sites is 2. The van der Waals surface area contributed by atoms with Crippen molar-refractivity contribution in [2.75, 3.05) is 4.90 Å². The molecule has 69 heavy (non-hydrogen) atoms. The van der Waals surface area contributed by atoms with E-state index in [1.54, 1.807) is 0 Å². The fourth-order valence-corrected chi connectivity index (χ4v) is 11.2. The molecule has 0 bridgehead atoms. The van der Waals surface area contributed by atoms with E-state index in [1.165, 1.54) is 88.7 Å². The smallest absolute Gasteiger partial charge is 0.0734 e. The Morgan fingerprint density at radius 3 is 1.46 bits per heavy atom. The molecule has 0 spiro atoms. The van der Waals surface area contributed by atoms with Crippen molar-refractivity contribution in [1.29, 1.82) is 0 Å². The molecule has 1 aromatic heterocycles. The van der Waals surface area contributed by atoms with Gasteiger partial charge in [-0.05, 0) is 116 Å². The van der Waals surface area contributed by atoms with Crippen LogP contribution >= 0.6 is 0 Å². The molecule has 1 aliphatic rings. The summed E-state index contributed by atoms with van der Waals surface area (Å²) in [6, 6.07) is 102. The van der Waals surface area contributed by atoms with E-state index >= 15 is 0 Å². The van der Waals surface area contributed by atoms with Crippen LogP contribution in [-0.2, 0) is 5.41 Å². The zero-order valence-corrected chi connectivity index (χ0v) is 38.0. The molecule has 0 radical (unpaired) electrons. The lowest BCUT2D eigenvalue weighted by molar-refractivity contribution is 0.762. The van der Waals surface area contributed by atoms with Crippen molar-refractivity contribution in [3.63, 3.8) is 0 Å². The maximum absolute atomic E-state index is 2.53. The van der Waals surface area contributed by atoms with E-state index < -0.39 is 5.41 Å². The van der Waals surface area contributed by atoms with Gasteiger partial charge in [0.2, 0.25) is 0 Å². The number of fused-ring (bicyclic) bond motifs is 6. The normalized spacial score (nSPS) is 12.5. The third-order valence-electron chi connectivity index (χ3n) is 14.3. The summed E-state index contributed by atoms with van der Waals surface area (Å²) < 4.78 is 2.53. The van der Waals surface area contributed by atoms with Crippen molar-refractivity contribution in [2.45, 2.75) is 5.41 Å². The fourth-order valence-electron chi connectivity index (χ4n) is 11.2. The molecular weight excluding hydrogens is 833 g/mol. The van der Waals surface area contributed by atoms with Crippen LogP contribution in [0.5, 0.6) is 0 Å². The fraction of sp³-hybridized carbons (Fsp3) is 0.0149. The Balaban J connectivity index is 0.919. The number of aromatic nitrogens is 1. The van der Waals surface area contributed by atoms with Crippen LogP contribution in [0, 0.1) is 0 Å². The van der Waals surface area contributed by atoms with Gasteiger partial charge in [-0.3, -0.25) is 0 Å². The molecule has 0 aliphatic heterocycles. The zero-order valence-electron chi connectivity index (χ0n) is 38.0. The van der Waals surface area contributed by atoms with Gasteiger partial charge in [0.05, 0.1) is 22.1 Å². The molecule has 0 fully saturated rings. The summed E-state index contributed by atoms with van der Waals surface area (Å²) in [6.07, 6.45) is 0. The van der Waals surface area contributed by atoms with E-state index in [1.807, 2.05) is 0 Å². The Bertz CT molecular complexity index is 3760. The largest absolute Gasteiger partial charge is 0.310 e. The van der Waals surface area contributed by atoms with Crippen LogP contribution in [-0.4, -0.2) is 4.57 Å². The number of anilines is 3. The van der Waals surface area contributed by atoms with Crippen LogP contribution in [0.3, 0.4) is 0 Å². The molecule has 0 amide bonds. The highest BCUT2D eigenvalue weighted by molar-refractivity contribution is 6.11. The summed E-state index contributed by atoms with van der Waals surface area (Å²) in [5.74, 6) is 0. The van der Waals surface area contributed by atoms with Crippen molar-refractivity contribution in [3.05, 3.63) is 301 Å². The third kappa shape index (κ3) is 6.64. The number of hydrogen-bond acceptors (Lipinski definition) is 1. The van der Waals surface area contributed by atoms with Crippen molar-refractivity contribution >= 4 is 38.9 Å². The first kappa shape index (κ1) is 40.3. The summed E-state index contributed by atoms with van der Waals surface area (Å²) in [5.41, 5.74) is 21.1. The second-order valence-electron chi connectivity index (χ2n) is 18.0. The van der Waals surface area contributed by atoms with Crippen molar-refractivity contribution < 1.29 is 0 Å². The molecule has 0 saturated carbocycles. The van der Waals surface area contributed by atoms with Gasteiger partial charge in [0, 0.05) is 33.4 Å². The summed E-state index contributed by atoms with van der Waals surface area (Å²) in [7, 11) is 0. The van der Waals surface area contributed by atoms with Crippen molar-refractivity contribution in [3.8, 4) is 50.2 Å². The first-order valence-corrected chi connectivity index (χ1v) is 23.8. The minimum absolute atomic E-state index is 0.543. The Labute approximate surface area is 403 Å². The van der Waals surface area contributed by atoms with Gasteiger partial charge in [-0.25, -0.2) is 0 Å². The Hall–Kier alpha value is -8.98. The molecule has 1 heterocycles. The molecule has 0 unspecified atom stereocenters. The van der Waals surface area contributed by atoms with Gasteiger partial charge in [-0.1, -0.05) is 224 Å². The molecule has 2 nitrogen and oxygen atoms in total. The molecule has 0 N–H and O–H groups in total. The minimum Gasteiger partial charge on any atom is -0.310 e. The van der Waals surface area contributed by atoms with Gasteiger partial charge in [-0.15, -0.1) is 0 Å². The van der Waals surface area contributed by atoms with Gasteiger partial charge in [0.15, 0.2) is 0 Å². The first-order chi connectivity index (χ1) is 34.2. The SMILES string of the molecule is c1ccc(-c2ccc(N(c3ccccc3)c3cccc(-c4ccc(-c5ccc6c7ccccc7n(-c7cccc8c7C(c7ccccc7)(c7ccccc7)c7ccccc7-8)c6c5)cc4)c3)cc2)cc1. The van der Waals surface area contributed by atoms with Crippen LogP contribution in [0.15, 0.2) is 279 Å². The highest BCUT2D eigenvalue weighted by Crippen LogP contribution is 2.58. The third-order valence-corrected chi connectivity index (χ3v) is 14.3. The molecule has 2 heteroatoms. The maximum atomic E-state index is 2.53. The topological polar surface area (TPSA) is 8.17 Å². The van der Waals surface area contributed by atoms with Crippen molar-refractivity contribution in [2.24, 2.45) is 0 Å². The van der Waals surface area contributed by atoms with Crippen LogP contribution in [0.4, 0.5) is 17.1 Å². The lowest BCUT2D eigenvalue weighted by Crippen LogP contribution is -2.29.